The van der Waals surface area contributed by atoms with Crippen molar-refractivity contribution in [3.05, 3.63) is 35.4 Å². The highest BCUT2D eigenvalue weighted by Crippen LogP contribution is 2.16. The van der Waals surface area contributed by atoms with Crippen molar-refractivity contribution in [2.24, 2.45) is 5.73 Å². The molecule has 0 spiro atoms. The fourth-order valence-electron chi connectivity index (χ4n) is 2.24. The van der Waals surface area contributed by atoms with Gasteiger partial charge in [0.15, 0.2) is 0 Å². The van der Waals surface area contributed by atoms with E-state index in [-0.39, 0.29) is 24.4 Å². The van der Waals surface area contributed by atoms with Crippen LogP contribution in [-0.4, -0.2) is 43.2 Å². The van der Waals surface area contributed by atoms with E-state index in [9.17, 15) is 4.79 Å². The minimum atomic E-state index is -0.0346. The molecule has 1 amide bonds. The van der Waals surface area contributed by atoms with E-state index in [1.807, 2.05) is 29.2 Å². The van der Waals surface area contributed by atoms with Gasteiger partial charge in [0.1, 0.15) is 0 Å². The molecule has 20 heavy (non-hydrogen) atoms. The average molecular weight is 299 g/mol. The van der Waals surface area contributed by atoms with Crippen molar-refractivity contribution in [1.82, 2.24) is 4.90 Å². The van der Waals surface area contributed by atoms with E-state index in [1.54, 1.807) is 0 Å². The molecule has 0 aliphatic carbocycles. The lowest BCUT2D eigenvalue weighted by atomic mass is 10.0. The summed E-state index contributed by atoms with van der Waals surface area (Å²) in [6, 6.07) is 7.87. The summed E-state index contributed by atoms with van der Waals surface area (Å²) in [5.74, 6) is 0.547. The molecule has 0 saturated carbocycles. The molecular formula is C15H23ClN2O2. The number of benzene rings is 1. The quantitative estimate of drug-likeness (QED) is 0.929. The summed E-state index contributed by atoms with van der Waals surface area (Å²) in [6.07, 6.45) is -0.0346. The van der Waals surface area contributed by atoms with Crippen molar-refractivity contribution in [2.75, 3.05) is 26.2 Å². The Morgan fingerprint density at radius 1 is 1.40 bits per heavy atom. The molecule has 0 radical (unpaired) electrons. The molecule has 1 aliphatic heterocycles. The molecule has 4 nitrogen and oxygen atoms in total. The third-order valence-corrected chi connectivity index (χ3v) is 3.51. The molecule has 1 unspecified atom stereocenters. The van der Waals surface area contributed by atoms with Gasteiger partial charge in [-0.15, -0.1) is 12.4 Å². The number of halogens is 1. The van der Waals surface area contributed by atoms with E-state index < -0.39 is 0 Å². The zero-order chi connectivity index (χ0) is 13.8. The summed E-state index contributed by atoms with van der Waals surface area (Å²) in [5.41, 5.74) is 7.58. The van der Waals surface area contributed by atoms with Gasteiger partial charge in [0.2, 0.25) is 0 Å². The van der Waals surface area contributed by atoms with Crippen LogP contribution in [0, 0.1) is 0 Å². The minimum Gasteiger partial charge on any atom is -0.373 e. The largest absolute Gasteiger partial charge is 0.373 e. The number of rotatable bonds is 3. The van der Waals surface area contributed by atoms with Crippen LogP contribution in [-0.2, 0) is 4.74 Å². The SMILES string of the molecule is CC(C)c1ccc(C(=O)N2CCOC(CN)C2)cc1.Cl. The first-order chi connectivity index (χ1) is 9.11. The van der Waals surface area contributed by atoms with Gasteiger partial charge < -0.3 is 15.4 Å². The van der Waals surface area contributed by atoms with Gasteiger partial charge in [0.05, 0.1) is 12.7 Å². The second-order valence-electron chi connectivity index (χ2n) is 5.26. The predicted molar refractivity (Wildman–Crippen MR) is 82.5 cm³/mol. The van der Waals surface area contributed by atoms with Crippen molar-refractivity contribution < 1.29 is 9.53 Å². The molecular weight excluding hydrogens is 276 g/mol. The molecule has 1 heterocycles. The second-order valence-corrected chi connectivity index (χ2v) is 5.26. The van der Waals surface area contributed by atoms with Crippen LogP contribution >= 0.6 is 12.4 Å². The Hall–Kier alpha value is -1.10. The van der Waals surface area contributed by atoms with Crippen LogP contribution in [0.1, 0.15) is 35.7 Å². The topological polar surface area (TPSA) is 55.6 Å². The fraction of sp³-hybridized carbons (Fsp3) is 0.533. The molecule has 2 N–H and O–H groups in total. The normalized spacial score (nSPS) is 18.8. The van der Waals surface area contributed by atoms with Gasteiger partial charge in [0, 0.05) is 25.2 Å². The zero-order valence-corrected chi connectivity index (χ0v) is 12.9. The fourth-order valence-corrected chi connectivity index (χ4v) is 2.24. The van der Waals surface area contributed by atoms with Crippen LogP contribution in [0.2, 0.25) is 0 Å². The van der Waals surface area contributed by atoms with Gasteiger partial charge in [-0.1, -0.05) is 26.0 Å². The van der Waals surface area contributed by atoms with Crippen LogP contribution in [0.15, 0.2) is 24.3 Å². The highest BCUT2D eigenvalue weighted by Gasteiger charge is 2.24. The molecule has 1 atom stereocenters. The van der Waals surface area contributed by atoms with Crippen LogP contribution < -0.4 is 5.73 Å². The van der Waals surface area contributed by atoms with Gasteiger partial charge in [-0.25, -0.2) is 0 Å². The smallest absolute Gasteiger partial charge is 0.254 e. The summed E-state index contributed by atoms with van der Waals surface area (Å²) in [6.45, 7) is 6.53. The number of carbonyl (C=O) groups excluding carboxylic acids is 1. The molecule has 112 valence electrons. The average Bonchev–Trinajstić information content (AvgIpc) is 2.46. The molecule has 5 heteroatoms. The van der Waals surface area contributed by atoms with Gasteiger partial charge in [-0.2, -0.15) is 0 Å². The van der Waals surface area contributed by atoms with E-state index in [0.717, 1.165) is 5.56 Å². The van der Waals surface area contributed by atoms with Gasteiger partial charge in [-0.05, 0) is 23.6 Å². The maximum absolute atomic E-state index is 12.4. The van der Waals surface area contributed by atoms with E-state index in [0.29, 0.717) is 32.2 Å². The number of ether oxygens (including phenoxy) is 1. The van der Waals surface area contributed by atoms with Crippen molar-refractivity contribution in [3.63, 3.8) is 0 Å². The summed E-state index contributed by atoms with van der Waals surface area (Å²) >= 11 is 0. The van der Waals surface area contributed by atoms with Crippen LogP contribution in [0.3, 0.4) is 0 Å². The predicted octanol–water partition coefficient (Wildman–Crippen LogP) is 2.03. The third kappa shape index (κ3) is 3.95. The van der Waals surface area contributed by atoms with Crippen molar-refractivity contribution in [1.29, 1.82) is 0 Å². The Bertz CT molecular complexity index is 434. The van der Waals surface area contributed by atoms with Crippen molar-refractivity contribution >= 4 is 18.3 Å². The van der Waals surface area contributed by atoms with Gasteiger partial charge in [-0.3, -0.25) is 4.79 Å². The van der Waals surface area contributed by atoms with Crippen LogP contribution in [0.4, 0.5) is 0 Å². The van der Waals surface area contributed by atoms with E-state index >= 15 is 0 Å². The Morgan fingerprint density at radius 2 is 2.05 bits per heavy atom. The number of morpholine rings is 1. The summed E-state index contributed by atoms with van der Waals surface area (Å²) in [4.78, 5) is 14.2. The first-order valence-electron chi connectivity index (χ1n) is 6.82. The molecule has 0 bridgehead atoms. The third-order valence-electron chi connectivity index (χ3n) is 3.51. The number of amides is 1. The summed E-state index contributed by atoms with van der Waals surface area (Å²) in [5, 5.41) is 0. The molecule has 0 aromatic heterocycles. The van der Waals surface area contributed by atoms with Crippen LogP contribution in [0.5, 0.6) is 0 Å². The Labute approximate surface area is 126 Å². The number of nitrogens with zero attached hydrogens (tertiary/aromatic N) is 1. The highest BCUT2D eigenvalue weighted by molar-refractivity contribution is 5.94. The van der Waals surface area contributed by atoms with Gasteiger partial charge >= 0.3 is 0 Å². The molecule has 1 aromatic rings. The van der Waals surface area contributed by atoms with Crippen molar-refractivity contribution in [3.8, 4) is 0 Å². The summed E-state index contributed by atoms with van der Waals surface area (Å²) in [7, 11) is 0. The number of hydrogen-bond acceptors (Lipinski definition) is 3. The Balaban J connectivity index is 0.00000200. The lowest BCUT2D eigenvalue weighted by Crippen LogP contribution is -2.48. The lowest BCUT2D eigenvalue weighted by molar-refractivity contribution is -0.0167. The standard InChI is InChI=1S/C15H22N2O2.ClH/c1-11(2)12-3-5-13(6-4-12)15(18)17-7-8-19-14(9-16)10-17;/h3-6,11,14H,7-10,16H2,1-2H3;1H. The van der Waals surface area contributed by atoms with Crippen molar-refractivity contribution in [2.45, 2.75) is 25.9 Å². The molecule has 1 fully saturated rings. The lowest BCUT2D eigenvalue weighted by Gasteiger charge is -2.32. The monoisotopic (exact) mass is 298 g/mol. The maximum Gasteiger partial charge on any atom is 0.254 e. The maximum atomic E-state index is 12.4. The number of carbonyl (C=O) groups is 1. The van der Waals surface area contributed by atoms with E-state index in [1.165, 1.54) is 5.56 Å². The Morgan fingerprint density at radius 3 is 2.60 bits per heavy atom. The van der Waals surface area contributed by atoms with E-state index in [2.05, 4.69) is 13.8 Å². The molecule has 1 aromatic carbocycles. The Kier molecular flexibility index (Phi) is 6.46. The molecule has 2 rings (SSSR count). The van der Waals surface area contributed by atoms with Gasteiger partial charge in [0.25, 0.3) is 5.91 Å². The number of nitrogens with two attached hydrogens (primary N) is 1. The zero-order valence-electron chi connectivity index (χ0n) is 12.0. The molecule has 1 aliphatic rings. The second kappa shape index (κ2) is 7.62. The highest BCUT2D eigenvalue weighted by atomic mass is 35.5. The molecule has 1 saturated heterocycles. The van der Waals surface area contributed by atoms with E-state index in [4.69, 9.17) is 10.5 Å². The first kappa shape index (κ1) is 17.0. The number of hydrogen-bond donors (Lipinski definition) is 1. The first-order valence-corrected chi connectivity index (χ1v) is 6.82. The summed E-state index contributed by atoms with van der Waals surface area (Å²) < 4.78 is 5.48. The minimum absolute atomic E-state index is 0. The van der Waals surface area contributed by atoms with Crippen LogP contribution in [0.25, 0.3) is 0 Å².